The zero-order valence-electron chi connectivity index (χ0n) is 11.5. The van der Waals surface area contributed by atoms with Crippen molar-refractivity contribution in [1.29, 1.82) is 0 Å². The molecule has 1 amide bonds. The van der Waals surface area contributed by atoms with E-state index < -0.39 is 15.9 Å². The summed E-state index contributed by atoms with van der Waals surface area (Å²) in [7, 11) is -2.01. The molecule has 110 valence electrons. The van der Waals surface area contributed by atoms with Gasteiger partial charge in [-0.2, -0.15) is 4.31 Å². The van der Waals surface area contributed by atoms with Crippen molar-refractivity contribution in [2.45, 2.75) is 24.7 Å². The van der Waals surface area contributed by atoms with Gasteiger partial charge in [-0.3, -0.25) is 4.79 Å². The van der Waals surface area contributed by atoms with Crippen LogP contribution in [0.1, 0.15) is 17.5 Å². The van der Waals surface area contributed by atoms with Gasteiger partial charge in [0.1, 0.15) is 5.75 Å². The van der Waals surface area contributed by atoms with E-state index in [1.54, 1.807) is 26.2 Å². The molecular formula is C13H18N2O4S. The fraction of sp³-hybridized carbons (Fsp3) is 0.462. The van der Waals surface area contributed by atoms with E-state index in [9.17, 15) is 13.2 Å². The molecule has 1 aliphatic heterocycles. The third kappa shape index (κ3) is 2.64. The quantitative estimate of drug-likeness (QED) is 0.872. The number of primary amides is 1. The van der Waals surface area contributed by atoms with Crippen LogP contribution >= 0.6 is 0 Å². The van der Waals surface area contributed by atoms with Crippen molar-refractivity contribution in [2.75, 3.05) is 20.2 Å². The average Bonchev–Trinajstić information content (AvgIpc) is 2.36. The lowest BCUT2D eigenvalue weighted by Crippen LogP contribution is -2.39. The first-order valence-electron chi connectivity index (χ1n) is 6.32. The number of methoxy groups -OCH3 is 1. The molecule has 0 saturated heterocycles. The second-order valence-corrected chi connectivity index (χ2v) is 6.68. The Labute approximate surface area is 118 Å². The number of carbonyl (C=O) groups is 1. The van der Waals surface area contributed by atoms with Gasteiger partial charge >= 0.3 is 0 Å². The molecule has 1 aromatic rings. The Kier molecular flexibility index (Phi) is 4.01. The maximum Gasteiger partial charge on any atom is 0.243 e. The molecule has 0 saturated carbocycles. The minimum absolute atomic E-state index is 0.0315. The molecule has 0 aliphatic carbocycles. The molecule has 2 N–H and O–H groups in total. The molecule has 6 nitrogen and oxygen atoms in total. The van der Waals surface area contributed by atoms with Gasteiger partial charge in [-0.25, -0.2) is 8.42 Å². The van der Waals surface area contributed by atoms with Crippen LogP contribution in [0.15, 0.2) is 17.0 Å². The monoisotopic (exact) mass is 298 g/mol. The highest BCUT2D eigenvalue weighted by molar-refractivity contribution is 7.89. The molecule has 0 aromatic heterocycles. The molecule has 0 radical (unpaired) electrons. The largest absolute Gasteiger partial charge is 0.497 e. The van der Waals surface area contributed by atoms with Crippen LogP contribution in [0, 0.1) is 6.92 Å². The predicted octanol–water partition coefficient (Wildman–Crippen LogP) is 0.426. The van der Waals surface area contributed by atoms with Crippen molar-refractivity contribution >= 4 is 15.9 Å². The maximum absolute atomic E-state index is 12.6. The standard InChI is InChI=1S/C13H18N2O4S/c1-9-7-11(19-2)8-10-3-5-15(6-4-12(14)16)20(17,18)13(9)10/h7-8H,3-6H2,1-2H3,(H2,14,16). The Morgan fingerprint density at radius 1 is 1.45 bits per heavy atom. The molecule has 2 rings (SSSR count). The van der Waals surface area contributed by atoms with E-state index in [0.717, 1.165) is 5.56 Å². The fourth-order valence-electron chi connectivity index (χ4n) is 2.45. The van der Waals surface area contributed by atoms with Crippen LogP contribution < -0.4 is 10.5 Å². The van der Waals surface area contributed by atoms with Crippen LogP contribution in [0.2, 0.25) is 0 Å². The lowest BCUT2D eigenvalue weighted by Gasteiger charge is -2.29. The van der Waals surface area contributed by atoms with Crippen LogP contribution in [0.4, 0.5) is 0 Å². The van der Waals surface area contributed by atoms with E-state index in [4.69, 9.17) is 10.5 Å². The first kappa shape index (κ1) is 14.8. The SMILES string of the molecule is COc1cc(C)c2c(c1)CCN(CCC(N)=O)S2(=O)=O. The van der Waals surface area contributed by atoms with Crippen LogP contribution in [0.25, 0.3) is 0 Å². The number of carbonyl (C=O) groups excluding carboxylic acids is 1. The molecule has 0 bridgehead atoms. The van der Waals surface area contributed by atoms with Crippen molar-refractivity contribution in [3.05, 3.63) is 23.3 Å². The summed E-state index contributed by atoms with van der Waals surface area (Å²) in [5.74, 6) is 0.152. The lowest BCUT2D eigenvalue weighted by molar-refractivity contribution is -0.118. The molecule has 0 unspecified atom stereocenters. The van der Waals surface area contributed by atoms with Crippen LogP contribution in [0.3, 0.4) is 0 Å². The van der Waals surface area contributed by atoms with Gasteiger partial charge < -0.3 is 10.5 Å². The van der Waals surface area contributed by atoms with Gasteiger partial charge in [-0.1, -0.05) is 0 Å². The zero-order chi connectivity index (χ0) is 14.9. The summed E-state index contributed by atoms with van der Waals surface area (Å²) in [5, 5.41) is 0. The van der Waals surface area contributed by atoms with Gasteiger partial charge in [0.25, 0.3) is 0 Å². The first-order valence-corrected chi connectivity index (χ1v) is 7.76. The van der Waals surface area contributed by atoms with E-state index in [1.165, 1.54) is 4.31 Å². The highest BCUT2D eigenvalue weighted by Gasteiger charge is 2.33. The molecule has 1 aliphatic rings. The topological polar surface area (TPSA) is 89.7 Å². The van der Waals surface area contributed by atoms with Crippen molar-refractivity contribution in [3.8, 4) is 5.75 Å². The molecule has 0 atom stereocenters. The number of hydrogen-bond acceptors (Lipinski definition) is 4. The first-order chi connectivity index (χ1) is 9.36. The van der Waals surface area contributed by atoms with Gasteiger partial charge in [-0.05, 0) is 36.6 Å². The number of benzene rings is 1. The number of hydrogen-bond donors (Lipinski definition) is 1. The Morgan fingerprint density at radius 3 is 2.75 bits per heavy atom. The highest BCUT2D eigenvalue weighted by Crippen LogP contribution is 2.32. The zero-order valence-corrected chi connectivity index (χ0v) is 12.4. The van der Waals surface area contributed by atoms with E-state index in [1.807, 2.05) is 0 Å². The Morgan fingerprint density at radius 2 is 2.15 bits per heavy atom. The average molecular weight is 298 g/mol. The van der Waals surface area contributed by atoms with Crippen molar-refractivity contribution in [2.24, 2.45) is 5.73 Å². The van der Waals surface area contributed by atoms with Crippen LogP contribution in [-0.4, -0.2) is 38.8 Å². The second kappa shape index (κ2) is 5.41. The van der Waals surface area contributed by atoms with Gasteiger partial charge in [0.2, 0.25) is 15.9 Å². The number of ether oxygens (including phenoxy) is 1. The van der Waals surface area contributed by atoms with E-state index in [0.29, 0.717) is 29.2 Å². The van der Waals surface area contributed by atoms with Crippen molar-refractivity contribution in [1.82, 2.24) is 4.31 Å². The summed E-state index contributed by atoms with van der Waals surface area (Å²) in [5.41, 5.74) is 6.50. The minimum atomic E-state index is -3.56. The third-order valence-corrected chi connectivity index (χ3v) is 5.54. The molecule has 1 heterocycles. The summed E-state index contributed by atoms with van der Waals surface area (Å²) in [4.78, 5) is 11.2. The van der Waals surface area contributed by atoms with Gasteiger partial charge in [0.15, 0.2) is 0 Å². The predicted molar refractivity (Wildman–Crippen MR) is 74.0 cm³/mol. The minimum Gasteiger partial charge on any atom is -0.497 e. The van der Waals surface area contributed by atoms with E-state index >= 15 is 0 Å². The number of amides is 1. The Balaban J connectivity index is 2.41. The normalized spacial score (nSPS) is 17.5. The van der Waals surface area contributed by atoms with Crippen molar-refractivity contribution in [3.63, 3.8) is 0 Å². The van der Waals surface area contributed by atoms with Crippen LogP contribution in [0.5, 0.6) is 5.75 Å². The summed E-state index contributed by atoms with van der Waals surface area (Å²) in [6, 6.07) is 3.46. The molecule has 20 heavy (non-hydrogen) atoms. The molecule has 7 heteroatoms. The molecular weight excluding hydrogens is 280 g/mol. The van der Waals surface area contributed by atoms with Gasteiger partial charge in [0.05, 0.1) is 12.0 Å². The van der Waals surface area contributed by atoms with Gasteiger partial charge in [0, 0.05) is 19.5 Å². The van der Waals surface area contributed by atoms with Crippen LogP contribution in [-0.2, 0) is 21.2 Å². The number of nitrogens with zero attached hydrogens (tertiary/aromatic N) is 1. The number of fused-ring (bicyclic) bond motifs is 1. The van der Waals surface area contributed by atoms with Gasteiger partial charge in [-0.15, -0.1) is 0 Å². The Hall–Kier alpha value is -1.60. The summed E-state index contributed by atoms with van der Waals surface area (Å²) in [6.07, 6.45) is 0.634. The number of nitrogens with two attached hydrogens (primary N) is 1. The van der Waals surface area contributed by atoms with E-state index in [-0.39, 0.29) is 13.0 Å². The number of aryl methyl sites for hydroxylation is 1. The van der Waals surface area contributed by atoms with Crippen molar-refractivity contribution < 1.29 is 17.9 Å². The molecule has 0 spiro atoms. The fourth-order valence-corrected chi connectivity index (χ4v) is 4.32. The summed E-state index contributed by atoms with van der Waals surface area (Å²) < 4.78 is 31.6. The second-order valence-electron chi connectivity index (χ2n) is 4.80. The smallest absolute Gasteiger partial charge is 0.243 e. The molecule has 1 aromatic carbocycles. The maximum atomic E-state index is 12.6. The number of sulfonamides is 1. The number of rotatable bonds is 4. The lowest BCUT2D eigenvalue weighted by atomic mass is 10.1. The Bertz CT molecular complexity index is 640. The van der Waals surface area contributed by atoms with E-state index in [2.05, 4.69) is 0 Å². The summed E-state index contributed by atoms with van der Waals surface area (Å²) >= 11 is 0. The highest BCUT2D eigenvalue weighted by atomic mass is 32.2. The third-order valence-electron chi connectivity index (χ3n) is 3.40. The summed E-state index contributed by atoms with van der Waals surface area (Å²) in [6.45, 7) is 2.23. The molecule has 0 fully saturated rings.